The Morgan fingerprint density at radius 1 is 1.05 bits per heavy atom. The zero-order chi connectivity index (χ0) is 15.6. The number of aromatic amines is 1. The summed E-state index contributed by atoms with van der Waals surface area (Å²) in [6.45, 7) is 0. The average molecular weight is 332 g/mol. The van der Waals surface area contributed by atoms with Gasteiger partial charge in [-0.05, 0) is 36.6 Å². The molecule has 114 valence electrons. The molecule has 22 heavy (non-hydrogen) atoms. The summed E-state index contributed by atoms with van der Waals surface area (Å²) in [5.74, 6) is 0.363. The predicted octanol–water partition coefficient (Wildman–Crippen LogP) is 3.68. The molecule has 0 saturated carbocycles. The van der Waals surface area contributed by atoms with Gasteiger partial charge in [-0.15, -0.1) is 11.8 Å². The van der Waals surface area contributed by atoms with Crippen molar-refractivity contribution in [2.75, 3.05) is 16.4 Å². The Labute approximate surface area is 134 Å². The van der Waals surface area contributed by atoms with Gasteiger partial charge in [0.1, 0.15) is 0 Å². The minimum atomic E-state index is -3.59. The molecular weight excluding hydrogens is 316 g/mol. The molecule has 4 nitrogen and oxygen atoms in total. The normalized spacial score (nSPS) is 11.7. The van der Waals surface area contributed by atoms with E-state index in [-0.39, 0.29) is 0 Å². The molecule has 0 aliphatic heterocycles. The maximum Gasteiger partial charge on any atom is 0.265 e. The first-order valence-corrected chi connectivity index (χ1v) is 9.61. The van der Waals surface area contributed by atoms with Gasteiger partial charge in [-0.25, -0.2) is 8.42 Å². The molecule has 1 heterocycles. The van der Waals surface area contributed by atoms with Crippen molar-refractivity contribution in [1.82, 2.24) is 4.98 Å². The van der Waals surface area contributed by atoms with E-state index in [1.807, 2.05) is 42.8 Å². The van der Waals surface area contributed by atoms with Gasteiger partial charge < -0.3 is 4.98 Å². The van der Waals surface area contributed by atoms with Crippen LogP contribution in [0, 0.1) is 0 Å². The molecule has 0 spiro atoms. The molecule has 0 aliphatic carbocycles. The van der Waals surface area contributed by atoms with Crippen LogP contribution in [0.1, 0.15) is 0 Å². The van der Waals surface area contributed by atoms with Crippen LogP contribution < -0.4 is 4.31 Å². The third-order valence-corrected chi connectivity index (χ3v) is 5.87. The van der Waals surface area contributed by atoms with Crippen LogP contribution in [0.15, 0.2) is 65.7 Å². The lowest BCUT2D eigenvalue weighted by Crippen LogP contribution is -2.30. The van der Waals surface area contributed by atoms with Crippen molar-refractivity contribution in [2.45, 2.75) is 4.90 Å². The highest BCUT2D eigenvalue weighted by Crippen LogP contribution is 2.31. The molecule has 0 bridgehead atoms. The second kappa shape index (κ2) is 6.06. The van der Waals surface area contributed by atoms with Crippen molar-refractivity contribution in [3.8, 4) is 0 Å². The first-order chi connectivity index (χ1) is 10.6. The van der Waals surface area contributed by atoms with Crippen LogP contribution in [0.4, 0.5) is 5.69 Å². The van der Waals surface area contributed by atoms with Crippen molar-refractivity contribution in [3.63, 3.8) is 0 Å². The third kappa shape index (κ3) is 2.60. The summed E-state index contributed by atoms with van der Waals surface area (Å²) in [5.41, 5.74) is 1.61. The number of hydrogen-bond donors (Lipinski definition) is 1. The Bertz CT molecular complexity index is 873. The van der Waals surface area contributed by atoms with Crippen molar-refractivity contribution < 1.29 is 8.42 Å². The highest BCUT2D eigenvalue weighted by atomic mass is 32.2. The number of aromatic nitrogens is 1. The summed E-state index contributed by atoms with van der Waals surface area (Å²) in [7, 11) is -3.59. The molecule has 3 aromatic rings. The lowest BCUT2D eigenvalue weighted by Gasteiger charge is -2.24. The monoisotopic (exact) mass is 332 g/mol. The van der Waals surface area contributed by atoms with Crippen LogP contribution in [0.25, 0.3) is 10.9 Å². The quantitative estimate of drug-likeness (QED) is 0.725. The Morgan fingerprint density at radius 2 is 1.82 bits per heavy atom. The van der Waals surface area contributed by atoms with Crippen LogP contribution in [0.5, 0.6) is 0 Å². The molecule has 1 aromatic heterocycles. The summed E-state index contributed by atoms with van der Waals surface area (Å²) in [5, 5.41) is 0.899. The van der Waals surface area contributed by atoms with Crippen molar-refractivity contribution in [3.05, 3.63) is 60.8 Å². The van der Waals surface area contributed by atoms with E-state index in [4.69, 9.17) is 0 Å². The molecule has 3 rings (SSSR count). The van der Waals surface area contributed by atoms with Gasteiger partial charge in [0.05, 0.1) is 16.5 Å². The van der Waals surface area contributed by atoms with Gasteiger partial charge in [-0.3, -0.25) is 4.31 Å². The number of hydrogen-bond acceptors (Lipinski definition) is 3. The number of nitrogens with zero attached hydrogens (tertiary/aromatic N) is 1. The number of sulfonamides is 1. The highest BCUT2D eigenvalue weighted by Gasteiger charge is 2.25. The molecule has 0 atom stereocenters. The molecule has 0 radical (unpaired) electrons. The molecule has 0 amide bonds. The fourth-order valence-corrected chi connectivity index (χ4v) is 4.81. The van der Waals surface area contributed by atoms with E-state index in [1.54, 1.807) is 24.3 Å². The van der Waals surface area contributed by atoms with Gasteiger partial charge in [-0.2, -0.15) is 0 Å². The van der Waals surface area contributed by atoms with E-state index >= 15 is 0 Å². The molecule has 1 N–H and O–H groups in total. The predicted molar refractivity (Wildman–Crippen MR) is 92.8 cm³/mol. The second-order valence-corrected chi connectivity index (χ2v) is 7.50. The number of nitrogens with one attached hydrogen (secondary N) is 1. The minimum Gasteiger partial charge on any atom is -0.361 e. The lowest BCUT2D eigenvalue weighted by atomic mass is 10.2. The molecule has 0 fully saturated rings. The van der Waals surface area contributed by atoms with Gasteiger partial charge in [0.25, 0.3) is 10.0 Å². The van der Waals surface area contributed by atoms with E-state index < -0.39 is 10.0 Å². The fraction of sp³-hybridized carbons (Fsp3) is 0.125. The molecule has 2 aromatic carbocycles. The number of rotatable bonds is 5. The average Bonchev–Trinajstić information content (AvgIpc) is 3.02. The minimum absolute atomic E-state index is 0.302. The number of thioether (sulfide) groups is 1. The van der Waals surface area contributed by atoms with Crippen LogP contribution in [0.3, 0.4) is 0 Å². The van der Waals surface area contributed by atoms with Gasteiger partial charge in [0, 0.05) is 17.1 Å². The zero-order valence-electron chi connectivity index (χ0n) is 12.1. The van der Waals surface area contributed by atoms with Crippen LogP contribution in [-0.2, 0) is 10.0 Å². The molecule has 0 saturated heterocycles. The fourth-order valence-electron chi connectivity index (χ4n) is 2.39. The van der Waals surface area contributed by atoms with Crippen LogP contribution in [-0.4, -0.2) is 25.5 Å². The topological polar surface area (TPSA) is 53.2 Å². The van der Waals surface area contributed by atoms with Gasteiger partial charge in [-0.1, -0.05) is 24.3 Å². The Kier molecular flexibility index (Phi) is 4.13. The van der Waals surface area contributed by atoms with Crippen molar-refractivity contribution in [1.29, 1.82) is 0 Å². The number of H-pyrrole nitrogens is 1. The summed E-state index contributed by atoms with van der Waals surface area (Å²) in [6.07, 6.45) is 3.71. The highest BCUT2D eigenvalue weighted by molar-refractivity contribution is 8.00. The van der Waals surface area contributed by atoms with E-state index in [2.05, 4.69) is 4.98 Å². The van der Waals surface area contributed by atoms with Gasteiger partial charge in [0.2, 0.25) is 0 Å². The van der Waals surface area contributed by atoms with E-state index in [0.717, 1.165) is 10.9 Å². The maximum absolute atomic E-state index is 13.0. The van der Waals surface area contributed by atoms with Gasteiger partial charge >= 0.3 is 0 Å². The number of fused-ring (bicyclic) bond motifs is 1. The third-order valence-electron chi connectivity index (χ3n) is 3.42. The SMILES string of the molecule is CSCN(c1cccc2[nH]ccc12)S(=O)(=O)c1ccccc1. The summed E-state index contributed by atoms with van der Waals surface area (Å²) in [6, 6.07) is 16.1. The summed E-state index contributed by atoms with van der Waals surface area (Å²) >= 11 is 1.47. The Hall–Kier alpha value is -1.92. The number of benzene rings is 2. The maximum atomic E-state index is 13.0. The standard InChI is InChI=1S/C16H16N2O2S2/c1-21-12-18(22(19,20)13-6-3-2-4-7-13)16-9-5-8-15-14(16)10-11-17-15/h2-11,17H,12H2,1H3. The first-order valence-electron chi connectivity index (χ1n) is 6.77. The van der Waals surface area contributed by atoms with Gasteiger partial charge in [0.15, 0.2) is 0 Å². The number of anilines is 1. The second-order valence-electron chi connectivity index (χ2n) is 4.80. The summed E-state index contributed by atoms with van der Waals surface area (Å²) < 4.78 is 27.4. The molecular formula is C16H16N2O2S2. The Balaban J connectivity index is 2.17. The smallest absolute Gasteiger partial charge is 0.265 e. The molecule has 6 heteroatoms. The van der Waals surface area contributed by atoms with Crippen molar-refractivity contribution >= 4 is 38.4 Å². The van der Waals surface area contributed by atoms with E-state index in [1.165, 1.54) is 16.1 Å². The first kappa shape index (κ1) is 15.0. The lowest BCUT2D eigenvalue weighted by molar-refractivity contribution is 0.594. The van der Waals surface area contributed by atoms with Crippen LogP contribution >= 0.6 is 11.8 Å². The Morgan fingerprint density at radius 3 is 2.55 bits per heavy atom. The molecule has 0 unspecified atom stereocenters. The molecule has 0 aliphatic rings. The largest absolute Gasteiger partial charge is 0.361 e. The summed E-state index contributed by atoms with van der Waals surface area (Å²) in [4.78, 5) is 3.42. The van der Waals surface area contributed by atoms with Crippen LogP contribution in [0.2, 0.25) is 0 Å². The van der Waals surface area contributed by atoms with E-state index in [9.17, 15) is 8.42 Å². The zero-order valence-corrected chi connectivity index (χ0v) is 13.7. The van der Waals surface area contributed by atoms with Crippen molar-refractivity contribution in [2.24, 2.45) is 0 Å². The van der Waals surface area contributed by atoms with E-state index in [0.29, 0.717) is 16.5 Å².